The molecule has 3 aromatic carbocycles. The molecule has 0 spiro atoms. The van der Waals surface area contributed by atoms with Crippen molar-refractivity contribution >= 4 is 21.6 Å². The van der Waals surface area contributed by atoms with Crippen LogP contribution in [0.2, 0.25) is 0 Å². The number of rotatable bonds is 11. The van der Waals surface area contributed by atoms with Crippen molar-refractivity contribution in [2.45, 2.75) is 38.3 Å². The van der Waals surface area contributed by atoms with Crippen LogP contribution in [0.15, 0.2) is 83.8 Å². The van der Waals surface area contributed by atoms with Crippen LogP contribution in [0.5, 0.6) is 11.5 Å². The molecule has 3 rings (SSSR count). The number of nitrogens with one attached hydrogen (secondary N) is 1. The summed E-state index contributed by atoms with van der Waals surface area (Å²) in [6.07, 6.45) is 0.0758. The molecular formula is C26H30N2O5S. The van der Waals surface area contributed by atoms with Gasteiger partial charge in [0.2, 0.25) is 5.91 Å². The Bertz CT molecular complexity index is 1160. The van der Waals surface area contributed by atoms with Gasteiger partial charge in [0.05, 0.1) is 23.3 Å². The number of carbonyl (C=O) groups excluding carboxylic acids is 1. The highest BCUT2D eigenvalue weighted by atomic mass is 32.2. The van der Waals surface area contributed by atoms with E-state index in [1.807, 2.05) is 45.0 Å². The van der Waals surface area contributed by atoms with Crippen LogP contribution >= 0.6 is 0 Å². The summed E-state index contributed by atoms with van der Waals surface area (Å²) < 4.78 is 39.0. The molecule has 0 saturated carbocycles. The van der Waals surface area contributed by atoms with Crippen molar-refractivity contribution in [2.24, 2.45) is 0 Å². The molecular weight excluding hydrogens is 452 g/mol. The van der Waals surface area contributed by atoms with E-state index in [9.17, 15) is 13.2 Å². The fraction of sp³-hybridized carbons (Fsp3) is 0.269. The lowest BCUT2D eigenvalue weighted by Crippen LogP contribution is -2.40. The highest BCUT2D eigenvalue weighted by Gasteiger charge is 2.27. The second kappa shape index (κ2) is 11.6. The van der Waals surface area contributed by atoms with Gasteiger partial charge in [0.15, 0.2) is 0 Å². The second-order valence-corrected chi connectivity index (χ2v) is 9.70. The van der Waals surface area contributed by atoms with Crippen LogP contribution in [0.25, 0.3) is 0 Å². The summed E-state index contributed by atoms with van der Waals surface area (Å²) in [7, 11) is -3.98. The third-order valence-electron chi connectivity index (χ3n) is 4.84. The monoisotopic (exact) mass is 482 g/mol. The molecule has 1 amide bonds. The summed E-state index contributed by atoms with van der Waals surface area (Å²) in [6, 6.07) is 22.2. The third-order valence-corrected chi connectivity index (χ3v) is 6.63. The van der Waals surface area contributed by atoms with Gasteiger partial charge in [-0.05, 0) is 74.9 Å². The number of benzene rings is 3. The fourth-order valence-corrected chi connectivity index (χ4v) is 4.68. The highest BCUT2D eigenvalue weighted by Crippen LogP contribution is 2.25. The van der Waals surface area contributed by atoms with E-state index in [0.717, 1.165) is 15.6 Å². The van der Waals surface area contributed by atoms with Gasteiger partial charge in [-0.3, -0.25) is 9.10 Å². The van der Waals surface area contributed by atoms with Gasteiger partial charge in [-0.2, -0.15) is 0 Å². The predicted octanol–water partition coefficient (Wildman–Crippen LogP) is 4.38. The molecule has 0 saturated heterocycles. The van der Waals surface area contributed by atoms with Crippen molar-refractivity contribution in [1.29, 1.82) is 0 Å². The molecule has 7 nitrogen and oxygen atoms in total. The summed E-state index contributed by atoms with van der Waals surface area (Å²) >= 11 is 0. The first-order valence-corrected chi connectivity index (χ1v) is 12.6. The van der Waals surface area contributed by atoms with Gasteiger partial charge in [-0.1, -0.05) is 30.3 Å². The smallest absolute Gasteiger partial charge is 0.264 e. The SMILES string of the molecule is CCOc1ccc(S(=O)(=O)N(CC(=O)NCc2ccc(OC(C)C)cc2)c2ccccc2)cc1. The van der Waals surface area contributed by atoms with E-state index in [4.69, 9.17) is 9.47 Å². The molecule has 0 aromatic heterocycles. The first-order valence-electron chi connectivity index (χ1n) is 11.1. The molecule has 0 atom stereocenters. The van der Waals surface area contributed by atoms with Crippen LogP contribution in [0.1, 0.15) is 26.3 Å². The normalized spacial score (nSPS) is 11.2. The number of hydrogen-bond donors (Lipinski definition) is 1. The molecule has 0 bridgehead atoms. The van der Waals surface area contributed by atoms with Crippen LogP contribution in [-0.2, 0) is 21.4 Å². The maximum atomic E-state index is 13.4. The molecule has 180 valence electrons. The Morgan fingerprint density at radius 1 is 0.912 bits per heavy atom. The van der Waals surface area contributed by atoms with E-state index in [-0.39, 0.29) is 24.1 Å². The zero-order valence-electron chi connectivity index (χ0n) is 19.6. The lowest BCUT2D eigenvalue weighted by atomic mass is 10.2. The molecule has 0 aliphatic heterocycles. The van der Waals surface area contributed by atoms with Crippen molar-refractivity contribution in [3.05, 3.63) is 84.4 Å². The van der Waals surface area contributed by atoms with Crippen LogP contribution in [0.3, 0.4) is 0 Å². The lowest BCUT2D eigenvalue weighted by Gasteiger charge is -2.24. The van der Waals surface area contributed by atoms with Crippen molar-refractivity contribution < 1.29 is 22.7 Å². The van der Waals surface area contributed by atoms with Crippen molar-refractivity contribution in [3.63, 3.8) is 0 Å². The topological polar surface area (TPSA) is 84.9 Å². The zero-order valence-corrected chi connectivity index (χ0v) is 20.4. The van der Waals surface area contributed by atoms with E-state index >= 15 is 0 Å². The fourth-order valence-electron chi connectivity index (χ4n) is 3.26. The minimum atomic E-state index is -3.98. The van der Waals surface area contributed by atoms with Crippen LogP contribution in [0.4, 0.5) is 5.69 Å². The minimum Gasteiger partial charge on any atom is -0.494 e. The summed E-state index contributed by atoms with van der Waals surface area (Å²) in [5.74, 6) is 0.915. The van der Waals surface area contributed by atoms with Gasteiger partial charge < -0.3 is 14.8 Å². The average Bonchev–Trinajstić information content (AvgIpc) is 2.83. The number of para-hydroxylation sites is 1. The number of anilines is 1. The predicted molar refractivity (Wildman–Crippen MR) is 133 cm³/mol. The first-order chi connectivity index (χ1) is 16.3. The molecule has 0 unspecified atom stereocenters. The Hall–Kier alpha value is -3.52. The Morgan fingerprint density at radius 3 is 2.12 bits per heavy atom. The van der Waals surface area contributed by atoms with E-state index in [2.05, 4.69) is 5.32 Å². The molecule has 0 aliphatic carbocycles. The maximum absolute atomic E-state index is 13.4. The summed E-state index contributed by atoms with van der Waals surface area (Å²) in [5.41, 5.74) is 1.28. The molecule has 34 heavy (non-hydrogen) atoms. The summed E-state index contributed by atoms with van der Waals surface area (Å²) in [4.78, 5) is 12.8. The molecule has 0 aliphatic rings. The van der Waals surface area contributed by atoms with Gasteiger partial charge in [-0.15, -0.1) is 0 Å². The summed E-state index contributed by atoms with van der Waals surface area (Å²) in [5, 5.41) is 2.80. The Kier molecular flexibility index (Phi) is 8.54. The van der Waals surface area contributed by atoms with E-state index in [1.165, 1.54) is 12.1 Å². The Morgan fingerprint density at radius 2 is 1.53 bits per heavy atom. The van der Waals surface area contributed by atoms with Crippen LogP contribution < -0.4 is 19.1 Å². The standard InChI is InChI=1S/C26H30N2O5S/c1-4-32-23-14-16-25(17-15-23)34(30,31)28(22-8-6-5-7-9-22)19-26(29)27-18-21-10-12-24(13-11-21)33-20(2)3/h5-17,20H,4,18-19H2,1-3H3,(H,27,29). The van der Waals surface area contributed by atoms with Gasteiger partial charge in [0, 0.05) is 6.54 Å². The number of hydrogen-bond acceptors (Lipinski definition) is 5. The number of ether oxygens (including phenoxy) is 2. The first kappa shape index (κ1) is 25.1. The van der Waals surface area contributed by atoms with Gasteiger partial charge in [0.25, 0.3) is 10.0 Å². The molecule has 0 fully saturated rings. The van der Waals surface area contributed by atoms with E-state index in [0.29, 0.717) is 18.0 Å². The average molecular weight is 483 g/mol. The third kappa shape index (κ3) is 6.74. The number of amides is 1. The molecule has 8 heteroatoms. The second-order valence-electron chi connectivity index (χ2n) is 7.84. The molecule has 3 aromatic rings. The van der Waals surface area contributed by atoms with E-state index in [1.54, 1.807) is 42.5 Å². The molecule has 0 heterocycles. The van der Waals surface area contributed by atoms with Gasteiger partial charge in [0.1, 0.15) is 18.0 Å². The van der Waals surface area contributed by atoms with Gasteiger partial charge in [-0.25, -0.2) is 8.42 Å². The largest absolute Gasteiger partial charge is 0.494 e. The lowest BCUT2D eigenvalue weighted by molar-refractivity contribution is -0.119. The van der Waals surface area contributed by atoms with Crippen molar-refractivity contribution in [3.8, 4) is 11.5 Å². The van der Waals surface area contributed by atoms with Crippen molar-refractivity contribution in [2.75, 3.05) is 17.5 Å². The quantitative estimate of drug-likeness (QED) is 0.438. The van der Waals surface area contributed by atoms with E-state index < -0.39 is 15.9 Å². The Balaban J connectivity index is 1.74. The molecule has 1 N–H and O–H groups in total. The maximum Gasteiger partial charge on any atom is 0.264 e. The number of sulfonamides is 1. The number of nitrogens with zero attached hydrogens (tertiary/aromatic N) is 1. The van der Waals surface area contributed by atoms with Gasteiger partial charge >= 0.3 is 0 Å². The van der Waals surface area contributed by atoms with Crippen LogP contribution in [0, 0.1) is 0 Å². The van der Waals surface area contributed by atoms with Crippen molar-refractivity contribution in [1.82, 2.24) is 5.32 Å². The minimum absolute atomic E-state index is 0.0758. The van der Waals surface area contributed by atoms with Crippen LogP contribution in [-0.4, -0.2) is 33.6 Å². The zero-order chi connectivity index (χ0) is 24.6. The summed E-state index contributed by atoms with van der Waals surface area (Å²) in [6.45, 7) is 6.16. The highest BCUT2D eigenvalue weighted by molar-refractivity contribution is 7.92. The number of carbonyl (C=O) groups is 1. The molecule has 0 radical (unpaired) electrons. The Labute approximate surface area is 201 Å².